The van der Waals surface area contributed by atoms with Gasteiger partial charge < -0.3 is 10.6 Å². The number of alkyl halides is 2. The summed E-state index contributed by atoms with van der Waals surface area (Å²) < 4.78 is 42.4. The summed E-state index contributed by atoms with van der Waals surface area (Å²) in [4.78, 5) is 10.1. The Hall–Kier alpha value is -2.86. The van der Waals surface area contributed by atoms with Crippen LogP contribution in [0.5, 0.6) is 0 Å². The summed E-state index contributed by atoms with van der Waals surface area (Å²) in [7, 11) is 0. The van der Waals surface area contributed by atoms with E-state index in [1.165, 1.54) is 0 Å². The lowest BCUT2D eigenvalue weighted by Crippen LogP contribution is -2.55. The number of fused-ring (bicyclic) bond motifs is 1. The standard InChI is InChI=1S/C22H25F3N6/c1-13-14(10-26)5-4-6-18(13)29-20-27-11-17(23)19(30-20)28-15-7-16-9-22(24,25)12-31(16)21(2,3)8-15/h4-6,11,15-16H,7-9,12H2,1-3H3,(H2,27,28,29,30). The number of nitrogens with one attached hydrogen (secondary N) is 2. The summed E-state index contributed by atoms with van der Waals surface area (Å²) in [6.45, 7) is 5.47. The van der Waals surface area contributed by atoms with E-state index >= 15 is 0 Å². The summed E-state index contributed by atoms with van der Waals surface area (Å²) in [5.74, 6) is -3.08. The zero-order valence-corrected chi connectivity index (χ0v) is 17.7. The Labute approximate surface area is 179 Å². The molecule has 0 amide bonds. The van der Waals surface area contributed by atoms with E-state index in [-0.39, 0.29) is 36.8 Å². The van der Waals surface area contributed by atoms with Crippen molar-refractivity contribution in [3.8, 4) is 6.07 Å². The molecule has 0 spiro atoms. The minimum atomic E-state index is -2.69. The molecule has 2 unspecified atom stereocenters. The third kappa shape index (κ3) is 4.30. The largest absolute Gasteiger partial charge is 0.365 e. The third-order valence-corrected chi connectivity index (χ3v) is 6.24. The number of piperidine rings is 1. The van der Waals surface area contributed by atoms with E-state index in [0.717, 1.165) is 11.8 Å². The predicted molar refractivity (Wildman–Crippen MR) is 112 cm³/mol. The quantitative estimate of drug-likeness (QED) is 0.738. The lowest BCUT2D eigenvalue weighted by Gasteiger charge is -2.47. The molecule has 2 atom stereocenters. The predicted octanol–water partition coefficient (Wildman–Crippen LogP) is 4.60. The van der Waals surface area contributed by atoms with Gasteiger partial charge in [-0.1, -0.05) is 6.07 Å². The number of nitriles is 1. The molecule has 0 saturated carbocycles. The van der Waals surface area contributed by atoms with Crippen LogP contribution in [0.15, 0.2) is 24.4 Å². The van der Waals surface area contributed by atoms with Crippen LogP contribution in [0.4, 0.5) is 30.6 Å². The highest BCUT2D eigenvalue weighted by Crippen LogP contribution is 2.44. The summed E-state index contributed by atoms with van der Waals surface area (Å²) >= 11 is 0. The highest BCUT2D eigenvalue weighted by Gasteiger charge is 2.53. The van der Waals surface area contributed by atoms with E-state index in [1.54, 1.807) is 25.1 Å². The Bertz CT molecular complexity index is 1030. The van der Waals surface area contributed by atoms with Crippen molar-refractivity contribution in [2.24, 2.45) is 0 Å². The lowest BCUT2D eigenvalue weighted by atomic mass is 9.84. The molecule has 164 valence electrons. The maximum atomic E-state index is 14.5. The van der Waals surface area contributed by atoms with Crippen LogP contribution in [0.25, 0.3) is 0 Å². The minimum Gasteiger partial charge on any atom is -0.365 e. The molecule has 2 aliphatic rings. The van der Waals surface area contributed by atoms with E-state index in [0.29, 0.717) is 24.1 Å². The molecule has 31 heavy (non-hydrogen) atoms. The number of aromatic nitrogens is 2. The topological polar surface area (TPSA) is 76.9 Å². The molecule has 2 aromatic rings. The van der Waals surface area contributed by atoms with Crippen LogP contribution in [0.1, 0.15) is 44.2 Å². The van der Waals surface area contributed by atoms with Crippen LogP contribution in [-0.4, -0.2) is 45.0 Å². The number of hydrogen-bond acceptors (Lipinski definition) is 6. The summed E-state index contributed by atoms with van der Waals surface area (Å²) in [6.07, 6.45) is 1.98. The number of benzene rings is 1. The molecule has 0 bridgehead atoms. The van der Waals surface area contributed by atoms with Crippen molar-refractivity contribution < 1.29 is 13.2 Å². The number of hydrogen-bond donors (Lipinski definition) is 2. The van der Waals surface area contributed by atoms with Crippen molar-refractivity contribution in [1.82, 2.24) is 14.9 Å². The zero-order valence-electron chi connectivity index (χ0n) is 17.7. The third-order valence-electron chi connectivity index (χ3n) is 6.24. The van der Waals surface area contributed by atoms with Crippen LogP contribution in [-0.2, 0) is 0 Å². The molecule has 4 rings (SSSR count). The van der Waals surface area contributed by atoms with Gasteiger partial charge in [-0.2, -0.15) is 10.2 Å². The molecule has 0 aliphatic carbocycles. The van der Waals surface area contributed by atoms with E-state index < -0.39 is 17.3 Å². The van der Waals surface area contributed by atoms with E-state index in [1.807, 2.05) is 18.7 Å². The van der Waals surface area contributed by atoms with Crippen molar-refractivity contribution >= 4 is 17.5 Å². The molecule has 2 N–H and O–H groups in total. The molecular formula is C22H25F3N6. The molecular weight excluding hydrogens is 405 g/mol. The first kappa shape index (κ1) is 21.4. The first-order valence-corrected chi connectivity index (χ1v) is 10.3. The number of nitrogens with zero attached hydrogens (tertiary/aromatic N) is 4. The number of anilines is 3. The van der Waals surface area contributed by atoms with Gasteiger partial charge >= 0.3 is 0 Å². The molecule has 1 aromatic carbocycles. The summed E-state index contributed by atoms with van der Waals surface area (Å²) in [5.41, 5.74) is 1.48. The average molecular weight is 430 g/mol. The van der Waals surface area contributed by atoms with Gasteiger partial charge in [-0.3, -0.25) is 4.90 Å². The van der Waals surface area contributed by atoms with E-state index in [9.17, 15) is 18.4 Å². The number of rotatable bonds is 4. The van der Waals surface area contributed by atoms with Gasteiger partial charge in [-0.05, 0) is 51.3 Å². The van der Waals surface area contributed by atoms with Crippen LogP contribution in [0.3, 0.4) is 0 Å². The maximum Gasteiger partial charge on any atom is 0.262 e. The smallest absolute Gasteiger partial charge is 0.262 e. The Kier molecular flexibility index (Phi) is 5.30. The fourth-order valence-corrected chi connectivity index (χ4v) is 4.79. The van der Waals surface area contributed by atoms with Crippen LogP contribution in [0, 0.1) is 24.1 Å². The minimum absolute atomic E-state index is 0.0330. The fraction of sp³-hybridized carbons (Fsp3) is 0.500. The van der Waals surface area contributed by atoms with Gasteiger partial charge in [-0.15, -0.1) is 0 Å². The fourth-order valence-electron chi connectivity index (χ4n) is 4.79. The molecule has 2 aliphatic heterocycles. The van der Waals surface area contributed by atoms with Gasteiger partial charge in [0, 0.05) is 29.7 Å². The van der Waals surface area contributed by atoms with Gasteiger partial charge in [0.05, 0.1) is 24.4 Å². The lowest BCUT2D eigenvalue weighted by molar-refractivity contribution is -0.00687. The van der Waals surface area contributed by atoms with Gasteiger partial charge in [0.1, 0.15) is 0 Å². The molecule has 1 aromatic heterocycles. The zero-order chi connectivity index (χ0) is 22.4. The molecule has 2 saturated heterocycles. The molecule has 9 heteroatoms. The van der Waals surface area contributed by atoms with Gasteiger partial charge in [0.15, 0.2) is 11.6 Å². The SMILES string of the molecule is Cc1c(C#N)cccc1Nc1ncc(F)c(NC2CC3CC(F)(F)CN3C(C)(C)C2)n1. The first-order chi connectivity index (χ1) is 14.6. The van der Waals surface area contributed by atoms with E-state index in [2.05, 4.69) is 26.7 Å². The van der Waals surface area contributed by atoms with Crippen molar-refractivity contribution in [3.05, 3.63) is 41.3 Å². The van der Waals surface area contributed by atoms with Crippen LogP contribution in [0.2, 0.25) is 0 Å². The Balaban J connectivity index is 1.53. The monoisotopic (exact) mass is 430 g/mol. The average Bonchev–Trinajstić information content (AvgIpc) is 3.01. The maximum absolute atomic E-state index is 14.5. The van der Waals surface area contributed by atoms with Crippen molar-refractivity contribution in [2.45, 2.75) is 63.6 Å². The van der Waals surface area contributed by atoms with Crippen LogP contribution >= 0.6 is 0 Å². The van der Waals surface area contributed by atoms with Crippen molar-refractivity contribution in [1.29, 1.82) is 5.26 Å². The Morgan fingerprint density at radius 3 is 2.77 bits per heavy atom. The molecule has 3 heterocycles. The second kappa shape index (κ2) is 7.68. The summed E-state index contributed by atoms with van der Waals surface area (Å²) in [5, 5.41) is 15.3. The van der Waals surface area contributed by atoms with Crippen molar-refractivity contribution in [2.75, 3.05) is 17.2 Å². The van der Waals surface area contributed by atoms with Crippen LogP contribution < -0.4 is 10.6 Å². The highest BCUT2D eigenvalue weighted by molar-refractivity contribution is 5.63. The van der Waals surface area contributed by atoms with Gasteiger partial charge in [0.2, 0.25) is 5.95 Å². The molecule has 2 fully saturated rings. The Morgan fingerprint density at radius 2 is 2.03 bits per heavy atom. The van der Waals surface area contributed by atoms with Crippen molar-refractivity contribution in [3.63, 3.8) is 0 Å². The second-order valence-corrected chi connectivity index (χ2v) is 9.04. The Morgan fingerprint density at radius 1 is 1.26 bits per heavy atom. The second-order valence-electron chi connectivity index (χ2n) is 9.04. The molecule has 0 radical (unpaired) electrons. The number of halogens is 3. The molecule has 6 nitrogen and oxygen atoms in total. The highest BCUT2D eigenvalue weighted by atomic mass is 19.3. The normalized spacial score (nSPS) is 24.3. The van der Waals surface area contributed by atoms with E-state index in [4.69, 9.17) is 0 Å². The van der Waals surface area contributed by atoms with Gasteiger partial charge in [-0.25, -0.2) is 18.2 Å². The van der Waals surface area contributed by atoms with Gasteiger partial charge in [0.25, 0.3) is 5.92 Å². The summed E-state index contributed by atoms with van der Waals surface area (Å²) in [6, 6.07) is 6.91. The first-order valence-electron chi connectivity index (χ1n) is 10.3.